The highest BCUT2D eigenvalue weighted by atomic mass is 16.4. The number of para-hydroxylation sites is 1. The van der Waals surface area contributed by atoms with Gasteiger partial charge in [0.1, 0.15) is 12.1 Å². The van der Waals surface area contributed by atoms with E-state index in [2.05, 4.69) is 16.0 Å². The number of carboxylic acids is 1. The molecule has 1 aromatic carbocycles. The Kier molecular flexibility index (Phi) is 6.88. The van der Waals surface area contributed by atoms with Gasteiger partial charge in [-0.2, -0.15) is 0 Å². The Morgan fingerprint density at radius 1 is 1.14 bits per heavy atom. The van der Waals surface area contributed by atoms with Gasteiger partial charge in [0.05, 0.1) is 0 Å². The average Bonchev–Trinajstić information content (AvgIpc) is 2.47. The summed E-state index contributed by atoms with van der Waals surface area (Å²) >= 11 is 0. The van der Waals surface area contributed by atoms with Gasteiger partial charge in [0.25, 0.3) is 0 Å². The maximum atomic E-state index is 11.9. The topological polar surface area (TPSA) is 108 Å². The van der Waals surface area contributed by atoms with Crippen molar-refractivity contribution in [1.82, 2.24) is 10.6 Å². The first-order valence-electron chi connectivity index (χ1n) is 7.09. The predicted octanol–water partition coefficient (Wildman–Crippen LogP) is 1.57. The first-order valence-corrected chi connectivity index (χ1v) is 7.09. The molecule has 2 atom stereocenters. The van der Waals surface area contributed by atoms with E-state index in [0.29, 0.717) is 18.5 Å². The monoisotopic (exact) mass is 307 g/mol. The predicted molar refractivity (Wildman–Crippen MR) is 82.5 cm³/mol. The second kappa shape index (κ2) is 8.66. The summed E-state index contributed by atoms with van der Waals surface area (Å²) in [5, 5.41) is 16.4. The molecule has 0 heterocycles. The molecule has 0 aromatic heterocycles. The van der Waals surface area contributed by atoms with Gasteiger partial charge in [-0.15, -0.1) is 0 Å². The molecule has 7 nitrogen and oxygen atoms in total. The zero-order valence-corrected chi connectivity index (χ0v) is 12.6. The molecule has 0 aliphatic rings. The van der Waals surface area contributed by atoms with Crippen LogP contribution < -0.4 is 16.0 Å². The van der Waals surface area contributed by atoms with Crippen LogP contribution >= 0.6 is 0 Å². The Labute approximate surface area is 129 Å². The summed E-state index contributed by atoms with van der Waals surface area (Å²) in [7, 11) is 0. The molecule has 1 aromatic rings. The summed E-state index contributed by atoms with van der Waals surface area (Å²) in [5.41, 5.74) is 0.599. The smallest absolute Gasteiger partial charge is 0.326 e. The van der Waals surface area contributed by atoms with Gasteiger partial charge in [-0.05, 0) is 25.5 Å². The SMILES string of the molecule is CCCC(NC(=O)C(C)NC(=O)Nc1ccccc1)C(=O)O. The van der Waals surface area contributed by atoms with Crippen molar-refractivity contribution < 1.29 is 19.5 Å². The van der Waals surface area contributed by atoms with Gasteiger partial charge in [0.2, 0.25) is 5.91 Å². The number of benzene rings is 1. The molecule has 120 valence electrons. The van der Waals surface area contributed by atoms with Crippen LogP contribution in [0.2, 0.25) is 0 Å². The van der Waals surface area contributed by atoms with Gasteiger partial charge < -0.3 is 21.1 Å². The number of rotatable bonds is 7. The lowest BCUT2D eigenvalue weighted by Gasteiger charge is -2.18. The summed E-state index contributed by atoms with van der Waals surface area (Å²) in [6.07, 6.45) is 0.970. The van der Waals surface area contributed by atoms with Gasteiger partial charge >= 0.3 is 12.0 Å². The van der Waals surface area contributed by atoms with Crippen molar-refractivity contribution in [2.24, 2.45) is 0 Å². The van der Waals surface area contributed by atoms with Crippen LogP contribution in [0.5, 0.6) is 0 Å². The van der Waals surface area contributed by atoms with E-state index < -0.39 is 30.0 Å². The fourth-order valence-corrected chi connectivity index (χ4v) is 1.79. The van der Waals surface area contributed by atoms with Gasteiger partial charge in [-0.25, -0.2) is 9.59 Å². The van der Waals surface area contributed by atoms with E-state index in [0.717, 1.165) is 0 Å². The highest BCUT2D eigenvalue weighted by molar-refractivity contribution is 5.94. The lowest BCUT2D eigenvalue weighted by molar-refractivity contribution is -0.142. The Morgan fingerprint density at radius 3 is 2.32 bits per heavy atom. The standard InChI is InChI=1S/C15H21N3O4/c1-3-7-12(14(20)21)18-13(19)10(2)16-15(22)17-11-8-5-4-6-9-11/h4-6,8-10,12H,3,7H2,1-2H3,(H,18,19)(H,20,21)(H2,16,17,22). The molecule has 0 spiro atoms. The summed E-state index contributed by atoms with van der Waals surface area (Å²) < 4.78 is 0. The highest BCUT2D eigenvalue weighted by Crippen LogP contribution is 2.04. The number of carbonyl (C=O) groups excluding carboxylic acids is 2. The molecule has 0 bridgehead atoms. The zero-order valence-electron chi connectivity index (χ0n) is 12.6. The quantitative estimate of drug-likeness (QED) is 0.613. The Hall–Kier alpha value is -2.57. The first-order chi connectivity index (χ1) is 10.4. The highest BCUT2D eigenvalue weighted by Gasteiger charge is 2.23. The summed E-state index contributed by atoms with van der Waals surface area (Å²) in [6.45, 7) is 3.32. The third-order valence-electron chi connectivity index (χ3n) is 2.96. The lowest BCUT2D eigenvalue weighted by Crippen LogP contribution is -2.51. The Balaban J connectivity index is 2.49. The maximum Gasteiger partial charge on any atom is 0.326 e. The summed E-state index contributed by atoms with van der Waals surface area (Å²) in [4.78, 5) is 34.7. The van der Waals surface area contributed by atoms with Crippen LogP contribution in [0.3, 0.4) is 0 Å². The largest absolute Gasteiger partial charge is 0.480 e. The van der Waals surface area contributed by atoms with E-state index >= 15 is 0 Å². The van der Waals surface area contributed by atoms with E-state index in [-0.39, 0.29) is 0 Å². The van der Waals surface area contributed by atoms with E-state index in [9.17, 15) is 14.4 Å². The van der Waals surface area contributed by atoms with Crippen LogP contribution in [-0.4, -0.2) is 35.1 Å². The fraction of sp³-hybridized carbons (Fsp3) is 0.400. The summed E-state index contributed by atoms with van der Waals surface area (Å²) in [5.74, 6) is -1.62. The molecular weight excluding hydrogens is 286 g/mol. The van der Waals surface area contributed by atoms with Crippen molar-refractivity contribution in [3.05, 3.63) is 30.3 Å². The number of urea groups is 1. The number of nitrogens with one attached hydrogen (secondary N) is 3. The number of amides is 3. The van der Waals surface area contributed by atoms with Crippen LogP contribution in [0.4, 0.5) is 10.5 Å². The third kappa shape index (κ3) is 5.82. The number of aliphatic carboxylic acids is 1. The molecule has 2 unspecified atom stereocenters. The molecule has 0 aliphatic heterocycles. The van der Waals surface area contributed by atoms with Crippen molar-refractivity contribution >= 4 is 23.6 Å². The third-order valence-corrected chi connectivity index (χ3v) is 2.96. The minimum atomic E-state index is -1.09. The van der Waals surface area contributed by atoms with Crippen molar-refractivity contribution in [3.8, 4) is 0 Å². The molecule has 3 amide bonds. The normalized spacial score (nSPS) is 12.8. The molecule has 4 N–H and O–H groups in total. The second-order valence-corrected chi connectivity index (χ2v) is 4.87. The van der Waals surface area contributed by atoms with Crippen molar-refractivity contribution in [2.45, 2.75) is 38.8 Å². The number of hydrogen-bond donors (Lipinski definition) is 4. The molecule has 0 aliphatic carbocycles. The van der Waals surface area contributed by atoms with Crippen LogP contribution in [0, 0.1) is 0 Å². The van der Waals surface area contributed by atoms with E-state index in [1.54, 1.807) is 24.3 Å². The van der Waals surface area contributed by atoms with Crippen molar-refractivity contribution in [3.63, 3.8) is 0 Å². The van der Waals surface area contributed by atoms with Crippen LogP contribution in [-0.2, 0) is 9.59 Å². The second-order valence-electron chi connectivity index (χ2n) is 4.87. The van der Waals surface area contributed by atoms with Crippen molar-refractivity contribution in [1.29, 1.82) is 0 Å². The van der Waals surface area contributed by atoms with Crippen LogP contribution in [0.25, 0.3) is 0 Å². The van der Waals surface area contributed by atoms with Gasteiger partial charge in [-0.3, -0.25) is 4.79 Å². The number of carbonyl (C=O) groups is 3. The molecular formula is C15H21N3O4. The Morgan fingerprint density at radius 2 is 1.77 bits per heavy atom. The Bertz CT molecular complexity index is 519. The minimum absolute atomic E-state index is 0.337. The molecule has 0 saturated carbocycles. The molecule has 22 heavy (non-hydrogen) atoms. The van der Waals surface area contributed by atoms with Crippen LogP contribution in [0.15, 0.2) is 30.3 Å². The molecule has 1 rings (SSSR count). The molecule has 7 heteroatoms. The van der Waals surface area contributed by atoms with Gasteiger partial charge in [0.15, 0.2) is 0 Å². The number of carboxylic acid groups (broad SMARTS) is 1. The molecule has 0 radical (unpaired) electrons. The molecule has 0 saturated heterocycles. The van der Waals surface area contributed by atoms with E-state index in [1.165, 1.54) is 6.92 Å². The number of anilines is 1. The van der Waals surface area contributed by atoms with E-state index in [1.807, 2.05) is 13.0 Å². The molecule has 0 fully saturated rings. The van der Waals surface area contributed by atoms with Crippen LogP contribution in [0.1, 0.15) is 26.7 Å². The lowest BCUT2D eigenvalue weighted by atomic mass is 10.1. The fourth-order valence-electron chi connectivity index (χ4n) is 1.79. The van der Waals surface area contributed by atoms with E-state index in [4.69, 9.17) is 5.11 Å². The van der Waals surface area contributed by atoms with Gasteiger partial charge in [-0.1, -0.05) is 31.5 Å². The average molecular weight is 307 g/mol. The van der Waals surface area contributed by atoms with Gasteiger partial charge in [0, 0.05) is 5.69 Å². The van der Waals surface area contributed by atoms with Crippen molar-refractivity contribution in [2.75, 3.05) is 5.32 Å². The zero-order chi connectivity index (χ0) is 16.5. The maximum absolute atomic E-state index is 11.9. The number of hydrogen-bond acceptors (Lipinski definition) is 3. The first kappa shape index (κ1) is 17.5. The minimum Gasteiger partial charge on any atom is -0.480 e. The summed E-state index contributed by atoms with van der Waals surface area (Å²) in [6, 6.07) is 6.47.